The quantitative estimate of drug-likeness (QED) is 0.328. The largest absolute Gasteiger partial charge is 0.454 e. The Hall–Kier alpha value is -3.97. The van der Waals surface area contributed by atoms with Gasteiger partial charge in [0.25, 0.3) is 21.7 Å². The van der Waals surface area contributed by atoms with E-state index in [2.05, 4.69) is 25.1 Å². The average molecular weight is 561 g/mol. The molecule has 39 heavy (non-hydrogen) atoms. The lowest BCUT2D eigenvalue weighted by atomic mass is 10.1. The molecule has 11 nitrogen and oxygen atoms in total. The van der Waals surface area contributed by atoms with Gasteiger partial charge in [0, 0.05) is 25.2 Å². The van der Waals surface area contributed by atoms with Crippen molar-refractivity contribution in [3.8, 4) is 11.5 Å². The van der Waals surface area contributed by atoms with Crippen LogP contribution in [0.1, 0.15) is 47.8 Å². The minimum atomic E-state index is -3.85. The number of halogens is 1. The van der Waals surface area contributed by atoms with Crippen molar-refractivity contribution < 1.29 is 22.3 Å². The molecule has 0 saturated heterocycles. The number of rotatable bonds is 8. The number of carbonyl (C=O) groups is 1. The van der Waals surface area contributed by atoms with Crippen molar-refractivity contribution in [3.05, 3.63) is 69.0 Å². The van der Waals surface area contributed by atoms with Gasteiger partial charge < -0.3 is 15.4 Å². The molecule has 0 unspecified atom stereocenters. The number of carbonyl (C=O) groups excluding carboxylic acids is 1. The number of nitrogens with zero attached hydrogens (tertiary/aromatic N) is 2. The standard InChI is InChI=1S/C26H33FN6O5S/c1-14-9-10-18(17(27)11-14)30-23-21(24(34)31-26(4,5)6)22(16(3)25(35)33(23)8)38-20-13-29-12-19(15(20)2)32-39(36,37)28-7/h9-13,28,30,32H,1-8H3,(H,31,34). The van der Waals surface area contributed by atoms with E-state index in [1.54, 1.807) is 40.7 Å². The van der Waals surface area contributed by atoms with Gasteiger partial charge >= 0.3 is 0 Å². The predicted octanol–water partition coefficient (Wildman–Crippen LogP) is 3.78. The van der Waals surface area contributed by atoms with E-state index in [1.807, 2.05) is 0 Å². The normalized spacial score (nSPS) is 11.7. The number of nitrogens with one attached hydrogen (secondary N) is 4. The summed E-state index contributed by atoms with van der Waals surface area (Å²) in [5.41, 5.74) is 0.127. The first-order valence-electron chi connectivity index (χ1n) is 12.0. The van der Waals surface area contributed by atoms with Crippen LogP contribution in [0.4, 0.5) is 21.6 Å². The first kappa shape index (κ1) is 29.6. The lowest BCUT2D eigenvalue weighted by Crippen LogP contribution is -2.42. The smallest absolute Gasteiger partial charge is 0.298 e. The summed E-state index contributed by atoms with van der Waals surface area (Å²) < 4.78 is 50.7. The summed E-state index contributed by atoms with van der Waals surface area (Å²) in [5, 5.41) is 5.76. The van der Waals surface area contributed by atoms with E-state index in [9.17, 15) is 22.4 Å². The maximum absolute atomic E-state index is 14.8. The Morgan fingerprint density at radius 2 is 1.74 bits per heavy atom. The maximum Gasteiger partial charge on any atom is 0.298 e. The van der Waals surface area contributed by atoms with E-state index in [4.69, 9.17) is 4.74 Å². The second-order valence-electron chi connectivity index (χ2n) is 10.1. The Kier molecular flexibility index (Phi) is 8.36. The molecule has 0 aliphatic rings. The molecule has 2 heterocycles. The van der Waals surface area contributed by atoms with Crippen molar-refractivity contribution in [1.29, 1.82) is 0 Å². The molecule has 3 rings (SSSR count). The molecule has 0 atom stereocenters. The fraction of sp³-hybridized carbons (Fsp3) is 0.346. The summed E-state index contributed by atoms with van der Waals surface area (Å²) >= 11 is 0. The first-order valence-corrected chi connectivity index (χ1v) is 13.5. The van der Waals surface area contributed by atoms with Crippen molar-refractivity contribution in [2.45, 2.75) is 47.1 Å². The molecule has 210 valence electrons. The van der Waals surface area contributed by atoms with Crippen LogP contribution >= 0.6 is 0 Å². The Bertz CT molecular complexity index is 1600. The van der Waals surface area contributed by atoms with Crippen LogP contribution in [-0.2, 0) is 17.3 Å². The topological polar surface area (TPSA) is 143 Å². The molecule has 1 amide bonds. The second kappa shape index (κ2) is 11.0. The van der Waals surface area contributed by atoms with E-state index >= 15 is 0 Å². The van der Waals surface area contributed by atoms with Crippen LogP contribution in [0.15, 0.2) is 35.4 Å². The average Bonchev–Trinajstić information content (AvgIpc) is 2.83. The third kappa shape index (κ3) is 6.73. The Morgan fingerprint density at radius 1 is 1.08 bits per heavy atom. The highest BCUT2D eigenvalue weighted by Crippen LogP contribution is 2.36. The summed E-state index contributed by atoms with van der Waals surface area (Å²) in [6.07, 6.45) is 2.63. The number of benzene rings is 1. The van der Waals surface area contributed by atoms with Gasteiger partial charge in [0.05, 0.1) is 29.3 Å². The SMILES string of the molecule is CNS(=O)(=O)Nc1cncc(Oc2c(C(=O)NC(C)(C)C)c(Nc3ccc(C)cc3F)n(C)c(=O)c2C)c1C. The second-order valence-corrected chi connectivity index (χ2v) is 11.7. The maximum atomic E-state index is 14.8. The van der Waals surface area contributed by atoms with Gasteiger partial charge in [0.2, 0.25) is 0 Å². The van der Waals surface area contributed by atoms with Crippen molar-refractivity contribution in [2.75, 3.05) is 17.1 Å². The van der Waals surface area contributed by atoms with Crippen LogP contribution in [0.5, 0.6) is 11.5 Å². The van der Waals surface area contributed by atoms with Gasteiger partial charge in [0.1, 0.15) is 17.2 Å². The van der Waals surface area contributed by atoms with E-state index in [-0.39, 0.29) is 39.8 Å². The number of hydrogen-bond donors (Lipinski definition) is 4. The van der Waals surface area contributed by atoms with Gasteiger partial charge in [-0.05, 0) is 59.2 Å². The van der Waals surface area contributed by atoms with Gasteiger partial charge in [-0.2, -0.15) is 8.42 Å². The van der Waals surface area contributed by atoms with Crippen LogP contribution in [0.25, 0.3) is 0 Å². The van der Waals surface area contributed by atoms with Crippen LogP contribution < -0.4 is 30.4 Å². The molecule has 13 heteroatoms. The van der Waals surface area contributed by atoms with Gasteiger partial charge in [-0.3, -0.25) is 23.9 Å². The van der Waals surface area contributed by atoms with Crippen molar-refractivity contribution in [3.63, 3.8) is 0 Å². The zero-order chi connectivity index (χ0) is 29.3. The highest BCUT2D eigenvalue weighted by molar-refractivity contribution is 7.90. The lowest BCUT2D eigenvalue weighted by Gasteiger charge is -2.25. The molecule has 0 radical (unpaired) electrons. The predicted molar refractivity (Wildman–Crippen MR) is 149 cm³/mol. The van der Waals surface area contributed by atoms with E-state index in [0.717, 1.165) is 0 Å². The molecule has 0 aliphatic carbocycles. The Morgan fingerprint density at radius 3 is 2.33 bits per heavy atom. The summed E-state index contributed by atoms with van der Waals surface area (Å²) in [6, 6.07) is 4.52. The first-order chi connectivity index (χ1) is 18.0. The molecular formula is C26H33FN6O5S. The van der Waals surface area contributed by atoms with Gasteiger partial charge in [-0.1, -0.05) is 6.07 Å². The Balaban J connectivity index is 2.26. The number of amides is 1. The van der Waals surface area contributed by atoms with Crippen LogP contribution in [0.3, 0.4) is 0 Å². The molecule has 0 spiro atoms. The Labute approximate surface area is 227 Å². The fourth-order valence-corrected chi connectivity index (χ4v) is 4.26. The molecule has 3 aromatic rings. The lowest BCUT2D eigenvalue weighted by molar-refractivity contribution is 0.0917. The van der Waals surface area contributed by atoms with Crippen LogP contribution in [0.2, 0.25) is 0 Å². The zero-order valence-electron chi connectivity index (χ0n) is 23.1. The van der Waals surface area contributed by atoms with Gasteiger partial charge in [-0.25, -0.2) is 9.11 Å². The summed E-state index contributed by atoms with van der Waals surface area (Å²) in [7, 11) is -1.14. The summed E-state index contributed by atoms with van der Waals surface area (Å²) in [6.45, 7) is 10.2. The number of aryl methyl sites for hydroxylation is 1. The number of hydrogen-bond acceptors (Lipinski definition) is 7. The number of pyridine rings is 2. The van der Waals surface area contributed by atoms with E-state index in [0.29, 0.717) is 11.1 Å². The molecule has 0 aliphatic heterocycles. The minimum absolute atomic E-state index is 0.00255. The molecule has 0 saturated carbocycles. The number of aromatic nitrogens is 2. The summed E-state index contributed by atoms with van der Waals surface area (Å²) in [5.74, 6) is -1.14. The molecule has 0 fully saturated rings. The van der Waals surface area contributed by atoms with Gasteiger partial charge in [0.15, 0.2) is 11.5 Å². The molecule has 1 aromatic carbocycles. The highest BCUT2D eigenvalue weighted by Gasteiger charge is 2.29. The van der Waals surface area contributed by atoms with Crippen molar-refractivity contribution in [1.82, 2.24) is 19.6 Å². The third-order valence-electron chi connectivity index (χ3n) is 5.75. The number of anilines is 3. The molecule has 2 aromatic heterocycles. The molecule has 4 N–H and O–H groups in total. The van der Waals surface area contributed by atoms with Crippen molar-refractivity contribution >= 4 is 33.3 Å². The zero-order valence-corrected chi connectivity index (χ0v) is 23.9. The highest BCUT2D eigenvalue weighted by atomic mass is 32.2. The van der Waals surface area contributed by atoms with Crippen LogP contribution in [0, 0.1) is 26.6 Å². The third-order valence-corrected chi connectivity index (χ3v) is 6.78. The molecular weight excluding hydrogens is 527 g/mol. The fourth-order valence-electron chi connectivity index (χ4n) is 3.67. The van der Waals surface area contributed by atoms with E-state index in [1.165, 1.54) is 50.1 Å². The van der Waals surface area contributed by atoms with Gasteiger partial charge in [-0.15, -0.1) is 0 Å². The van der Waals surface area contributed by atoms with Crippen molar-refractivity contribution in [2.24, 2.45) is 7.05 Å². The molecule has 0 bridgehead atoms. The summed E-state index contributed by atoms with van der Waals surface area (Å²) in [4.78, 5) is 31.0. The van der Waals surface area contributed by atoms with E-state index < -0.39 is 33.0 Å². The minimum Gasteiger partial charge on any atom is -0.454 e. The monoisotopic (exact) mass is 560 g/mol. The van der Waals surface area contributed by atoms with Crippen LogP contribution in [-0.4, -0.2) is 36.5 Å². The number of ether oxygens (including phenoxy) is 1.